The van der Waals surface area contributed by atoms with E-state index >= 15 is 0 Å². The number of piperazine rings is 1. The van der Waals surface area contributed by atoms with Crippen molar-refractivity contribution >= 4 is 30.5 Å². The van der Waals surface area contributed by atoms with Gasteiger partial charge in [-0.05, 0) is 29.8 Å². The first-order valence-corrected chi connectivity index (χ1v) is 14.5. The van der Waals surface area contributed by atoms with Crippen LogP contribution in [0.2, 0.25) is 0 Å². The summed E-state index contributed by atoms with van der Waals surface area (Å²) in [5.41, 5.74) is 1.31. The maximum Gasteiger partial charge on any atom is 0.415 e. The summed E-state index contributed by atoms with van der Waals surface area (Å²) < 4.78 is 41.6. The van der Waals surface area contributed by atoms with Gasteiger partial charge in [-0.25, -0.2) is 9.18 Å². The third kappa shape index (κ3) is 5.53. The standard InChI is InChI=1S/C27H30FN4O7P/c1-37-40(36,38-2)15-14-30-10-12-31(13-11-30)27(35)39-25-20-4-3-9-29-23(20)24(33)22-21(25)17-32(26(22)34)16-18-5-7-19(28)8-6-18/h3-9,33H,10-17H2,1-2H3. The number of fused-ring (bicyclic) bond motifs is 2. The lowest BCUT2D eigenvalue weighted by atomic mass is 10.0. The van der Waals surface area contributed by atoms with Crippen molar-refractivity contribution in [3.8, 4) is 11.5 Å². The molecule has 0 atom stereocenters. The third-order valence-corrected chi connectivity index (χ3v) is 9.15. The van der Waals surface area contributed by atoms with Crippen LogP contribution in [-0.4, -0.2) is 89.9 Å². The number of nitrogens with zero attached hydrogens (tertiary/aromatic N) is 4. The number of amides is 2. The molecule has 40 heavy (non-hydrogen) atoms. The molecule has 3 heterocycles. The zero-order valence-corrected chi connectivity index (χ0v) is 23.1. The van der Waals surface area contributed by atoms with Gasteiger partial charge in [0.15, 0.2) is 5.75 Å². The summed E-state index contributed by atoms with van der Waals surface area (Å²) in [5, 5.41) is 11.4. The summed E-state index contributed by atoms with van der Waals surface area (Å²) in [6.45, 7) is 2.63. The van der Waals surface area contributed by atoms with Gasteiger partial charge in [0, 0.05) is 70.6 Å². The highest BCUT2D eigenvalue weighted by Crippen LogP contribution is 2.46. The molecule has 1 fully saturated rings. The Kier molecular flexibility index (Phi) is 8.04. The van der Waals surface area contributed by atoms with E-state index in [1.54, 1.807) is 29.2 Å². The van der Waals surface area contributed by atoms with E-state index in [-0.39, 0.29) is 47.6 Å². The molecule has 2 aliphatic rings. The monoisotopic (exact) mass is 572 g/mol. The summed E-state index contributed by atoms with van der Waals surface area (Å²) in [4.78, 5) is 36.0. The van der Waals surface area contributed by atoms with Gasteiger partial charge >= 0.3 is 13.7 Å². The van der Waals surface area contributed by atoms with Crippen molar-refractivity contribution in [3.05, 3.63) is 65.1 Å². The average Bonchev–Trinajstić information content (AvgIpc) is 3.30. The van der Waals surface area contributed by atoms with E-state index in [9.17, 15) is 23.7 Å². The summed E-state index contributed by atoms with van der Waals surface area (Å²) in [5.74, 6) is -0.899. The van der Waals surface area contributed by atoms with Crippen molar-refractivity contribution in [2.75, 3.05) is 53.1 Å². The fraction of sp³-hybridized carbons (Fsp3) is 0.370. The Bertz CT molecular complexity index is 1470. The smallest absolute Gasteiger partial charge is 0.415 e. The molecule has 2 amide bonds. The SMILES string of the molecule is COP(=O)(CCN1CCN(C(=O)Oc2c3c(c(O)c4ncccc24)C(=O)N(Cc2ccc(F)cc2)C3)CC1)OC. The van der Waals surface area contributed by atoms with Gasteiger partial charge in [-0.1, -0.05) is 12.1 Å². The van der Waals surface area contributed by atoms with Crippen LogP contribution in [0.25, 0.3) is 10.9 Å². The predicted octanol–water partition coefficient (Wildman–Crippen LogP) is 3.84. The Morgan fingerprint density at radius 3 is 2.48 bits per heavy atom. The van der Waals surface area contributed by atoms with E-state index in [4.69, 9.17) is 13.8 Å². The van der Waals surface area contributed by atoms with E-state index in [1.807, 2.05) is 0 Å². The molecule has 0 aliphatic carbocycles. The molecular formula is C27H30FN4O7P. The van der Waals surface area contributed by atoms with Gasteiger partial charge in [0.25, 0.3) is 5.91 Å². The first-order valence-electron chi connectivity index (χ1n) is 12.8. The minimum Gasteiger partial charge on any atom is -0.505 e. The summed E-state index contributed by atoms with van der Waals surface area (Å²) >= 11 is 0. The summed E-state index contributed by atoms with van der Waals surface area (Å²) in [7, 11) is -0.411. The minimum atomic E-state index is -3.12. The first-order chi connectivity index (χ1) is 19.2. The number of benzene rings is 2. The number of halogens is 1. The normalized spacial score (nSPS) is 16.0. The van der Waals surface area contributed by atoms with E-state index < -0.39 is 19.6 Å². The van der Waals surface area contributed by atoms with E-state index in [0.29, 0.717) is 49.2 Å². The van der Waals surface area contributed by atoms with Crippen LogP contribution in [-0.2, 0) is 26.7 Å². The molecule has 0 radical (unpaired) electrons. The summed E-state index contributed by atoms with van der Waals surface area (Å²) in [6.07, 6.45) is 1.15. The van der Waals surface area contributed by atoms with Crippen molar-refractivity contribution in [2.45, 2.75) is 13.1 Å². The summed E-state index contributed by atoms with van der Waals surface area (Å²) in [6, 6.07) is 9.16. The lowest BCUT2D eigenvalue weighted by molar-refractivity contribution is 0.0764. The Balaban J connectivity index is 1.34. The van der Waals surface area contributed by atoms with Crippen LogP contribution in [0.15, 0.2) is 42.6 Å². The molecule has 0 unspecified atom stereocenters. The molecule has 0 spiro atoms. The lowest BCUT2D eigenvalue weighted by Gasteiger charge is -2.34. The van der Waals surface area contributed by atoms with Crippen LogP contribution in [0.5, 0.6) is 11.5 Å². The predicted molar refractivity (Wildman–Crippen MR) is 144 cm³/mol. The van der Waals surface area contributed by atoms with E-state index in [0.717, 1.165) is 0 Å². The van der Waals surface area contributed by atoms with Crippen LogP contribution < -0.4 is 4.74 Å². The molecule has 212 valence electrons. The van der Waals surface area contributed by atoms with Gasteiger partial charge in [0.1, 0.15) is 17.1 Å². The number of aromatic nitrogens is 1. The largest absolute Gasteiger partial charge is 0.505 e. The van der Waals surface area contributed by atoms with Gasteiger partial charge in [-0.15, -0.1) is 0 Å². The molecule has 1 aromatic heterocycles. The molecule has 2 aliphatic heterocycles. The Hall–Kier alpha value is -3.57. The second kappa shape index (κ2) is 11.5. The first kappa shape index (κ1) is 28.0. The van der Waals surface area contributed by atoms with Gasteiger partial charge in [-0.2, -0.15) is 0 Å². The fourth-order valence-corrected chi connectivity index (χ4v) is 6.04. The highest BCUT2D eigenvalue weighted by molar-refractivity contribution is 7.53. The number of hydrogen-bond acceptors (Lipinski definition) is 9. The molecule has 1 saturated heterocycles. The molecule has 0 bridgehead atoms. The maximum absolute atomic E-state index is 13.4. The van der Waals surface area contributed by atoms with Crippen LogP contribution in [0.3, 0.4) is 0 Å². The van der Waals surface area contributed by atoms with Crippen LogP contribution in [0.4, 0.5) is 9.18 Å². The quantitative estimate of drug-likeness (QED) is 0.401. The average molecular weight is 573 g/mol. The molecule has 11 nitrogen and oxygen atoms in total. The molecule has 1 N–H and O–H groups in total. The van der Waals surface area contributed by atoms with E-state index in [1.165, 1.54) is 37.4 Å². The number of carbonyl (C=O) groups excluding carboxylic acids is 2. The number of rotatable bonds is 8. The van der Waals surface area contributed by atoms with E-state index in [2.05, 4.69) is 9.88 Å². The van der Waals surface area contributed by atoms with Gasteiger partial charge in [-0.3, -0.25) is 19.2 Å². The van der Waals surface area contributed by atoms with Crippen molar-refractivity contribution in [1.29, 1.82) is 0 Å². The maximum atomic E-state index is 13.4. The lowest BCUT2D eigenvalue weighted by Crippen LogP contribution is -2.50. The second-order valence-electron chi connectivity index (χ2n) is 9.61. The molecule has 2 aromatic carbocycles. The van der Waals surface area contributed by atoms with Crippen LogP contribution in [0.1, 0.15) is 21.5 Å². The highest BCUT2D eigenvalue weighted by atomic mass is 31.2. The van der Waals surface area contributed by atoms with Crippen LogP contribution in [0, 0.1) is 5.82 Å². The zero-order valence-electron chi connectivity index (χ0n) is 22.2. The molecular weight excluding hydrogens is 542 g/mol. The minimum absolute atomic E-state index is 0.0432. The molecule has 0 saturated carbocycles. The van der Waals surface area contributed by atoms with Gasteiger partial charge in [0.2, 0.25) is 0 Å². The second-order valence-corrected chi connectivity index (χ2v) is 12.0. The van der Waals surface area contributed by atoms with Gasteiger partial charge in [0.05, 0.1) is 18.3 Å². The highest BCUT2D eigenvalue weighted by Gasteiger charge is 2.37. The van der Waals surface area contributed by atoms with Crippen molar-refractivity contribution < 1.29 is 37.4 Å². The molecule has 3 aromatic rings. The topological polar surface area (TPSA) is 122 Å². The Labute approximate surface area is 230 Å². The Morgan fingerprint density at radius 2 is 1.80 bits per heavy atom. The molecule has 5 rings (SSSR count). The Morgan fingerprint density at radius 1 is 1.10 bits per heavy atom. The fourth-order valence-electron chi connectivity index (χ4n) is 5.00. The number of phenolic OH excluding ortho intramolecular Hbond substituents is 1. The molecule has 13 heteroatoms. The zero-order chi connectivity index (χ0) is 28.4. The number of phenols is 1. The number of aromatic hydroxyl groups is 1. The van der Waals surface area contributed by atoms with Gasteiger partial charge < -0.3 is 28.7 Å². The van der Waals surface area contributed by atoms with Crippen molar-refractivity contribution in [1.82, 2.24) is 19.7 Å². The van der Waals surface area contributed by atoms with Crippen molar-refractivity contribution in [2.24, 2.45) is 0 Å². The number of hydrogen-bond donors (Lipinski definition) is 1. The van der Waals surface area contributed by atoms with Crippen molar-refractivity contribution in [3.63, 3.8) is 0 Å². The number of pyridine rings is 1. The number of carbonyl (C=O) groups is 2. The van der Waals surface area contributed by atoms with Crippen LogP contribution >= 0.6 is 7.60 Å². The number of ether oxygens (including phenoxy) is 1. The third-order valence-electron chi connectivity index (χ3n) is 7.29.